The zero-order valence-electron chi connectivity index (χ0n) is 8.83. The second-order valence-corrected chi connectivity index (χ2v) is 4.93. The van der Waals surface area contributed by atoms with Crippen LogP contribution in [0.5, 0.6) is 0 Å². The van der Waals surface area contributed by atoms with Crippen LogP contribution in [0.2, 0.25) is 0 Å². The second kappa shape index (κ2) is 5.53. The van der Waals surface area contributed by atoms with E-state index in [0.29, 0.717) is 6.42 Å². The summed E-state index contributed by atoms with van der Waals surface area (Å²) >= 11 is 5.61. The molecule has 0 radical (unpaired) electrons. The lowest BCUT2D eigenvalue weighted by molar-refractivity contribution is 0.177. The molecule has 6 nitrogen and oxygen atoms in total. The number of ether oxygens (including phenoxy) is 1. The number of halogens is 1. The van der Waals surface area contributed by atoms with Crippen molar-refractivity contribution in [3.05, 3.63) is 0 Å². The third-order valence-electron chi connectivity index (χ3n) is 1.86. The van der Waals surface area contributed by atoms with Gasteiger partial charge in [0.1, 0.15) is 0 Å². The zero-order chi connectivity index (χ0) is 12.1. The normalized spacial score (nSPS) is 15.5. The molecule has 90 valence electrons. The molecule has 2 N–H and O–H groups in total. The van der Waals surface area contributed by atoms with Gasteiger partial charge in [-0.15, -0.1) is 11.6 Å². The highest BCUT2D eigenvalue weighted by molar-refractivity contribution is 7.88. The predicted octanol–water partition coefficient (Wildman–Crippen LogP) is 0.584. The average Bonchev–Trinajstić information content (AvgIpc) is 2.16. The van der Waals surface area contributed by atoms with Gasteiger partial charge >= 0.3 is 16.3 Å². The highest BCUT2D eigenvalue weighted by Gasteiger charge is 2.28. The molecule has 8 heteroatoms. The van der Waals surface area contributed by atoms with Crippen LogP contribution < -0.4 is 9.44 Å². The van der Waals surface area contributed by atoms with Gasteiger partial charge in [-0.3, -0.25) is 0 Å². The summed E-state index contributed by atoms with van der Waals surface area (Å²) in [6.07, 6.45) is -0.547. The van der Waals surface area contributed by atoms with Crippen LogP contribution in [0.1, 0.15) is 20.3 Å². The van der Waals surface area contributed by atoms with Gasteiger partial charge in [-0.25, -0.2) is 9.52 Å². The van der Waals surface area contributed by atoms with E-state index in [0.717, 1.165) is 7.11 Å². The third-order valence-corrected chi connectivity index (χ3v) is 3.65. The van der Waals surface area contributed by atoms with E-state index in [9.17, 15) is 13.2 Å². The summed E-state index contributed by atoms with van der Waals surface area (Å²) in [5.74, 6) is 0.103. The molecular weight excluding hydrogens is 244 g/mol. The minimum Gasteiger partial charge on any atom is -0.452 e. The highest BCUT2D eigenvalue weighted by Crippen LogP contribution is 2.12. The van der Waals surface area contributed by atoms with Crippen molar-refractivity contribution in [2.75, 3.05) is 13.0 Å². The molecule has 1 amide bonds. The van der Waals surface area contributed by atoms with Crippen molar-refractivity contribution in [2.45, 2.75) is 25.8 Å². The summed E-state index contributed by atoms with van der Waals surface area (Å²) in [7, 11) is -2.86. The van der Waals surface area contributed by atoms with Gasteiger partial charge in [-0.05, 0) is 13.3 Å². The van der Waals surface area contributed by atoms with Crippen LogP contribution in [0.15, 0.2) is 0 Å². The monoisotopic (exact) mass is 258 g/mol. The molecule has 15 heavy (non-hydrogen) atoms. The summed E-state index contributed by atoms with van der Waals surface area (Å²) in [6, 6.07) is 0. The molecule has 0 aliphatic rings. The molecule has 0 spiro atoms. The molecule has 0 heterocycles. The van der Waals surface area contributed by atoms with Gasteiger partial charge in [0.15, 0.2) is 0 Å². The largest absolute Gasteiger partial charge is 0.452 e. The van der Waals surface area contributed by atoms with Gasteiger partial charge in [-0.1, -0.05) is 6.92 Å². The first-order valence-electron chi connectivity index (χ1n) is 4.24. The Balaban J connectivity index is 4.57. The Kier molecular flexibility index (Phi) is 5.33. The van der Waals surface area contributed by atoms with E-state index in [2.05, 4.69) is 9.46 Å². The summed E-state index contributed by atoms with van der Waals surface area (Å²) in [5, 5.41) is 0. The van der Waals surface area contributed by atoms with Gasteiger partial charge in [0, 0.05) is 11.4 Å². The Morgan fingerprint density at radius 3 is 2.40 bits per heavy atom. The lowest BCUT2D eigenvalue weighted by Gasteiger charge is -2.26. The molecule has 0 bridgehead atoms. The summed E-state index contributed by atoms with van der Waals surface area (Å²) < 4.78 is 30.8. The molecule has 0 aromatic heterocycles. The summed E-state index contributed by atoms with van der Waals surface area (Å²) in [6.45, 7) is 3.42. The van der Waals surface area contributed by atoms with Gasteiger partial charge < -0.3 is 4.74 Å². The van der Waals surface area contributed by atoms with E-state index in [1.807, 2.05) is 0 Å². The summed E-state index contributed by atoms with van der Waals surface area (Å²) in [4.78, 5) is 10.7. The Labute approximate surface area is 94.5 Å². The molecule has 1 atom stereocenters. The number of hydrogen-bond acceptors (Lipinski definition) is 4. The number of alkyl halides is 1. The predicted molar refractivity (Wildman–Crippen MR) is 57.0 cm³/mol. The van der Waals surface area contributed by atoms with Crippen molar-refractivity contribution < 1.29 is 17.9 Å². The van der Waals surface area contributed by atoms with Gasteiger partial charge in [-0.2, -0.15) is 13.1 Å². The molecule has 0 saturated heterocycles. The highest BCUT2D eigenvalue weighted by atomic mass is 35.5. The number of rotatable bonds is 5. The fraction of sp³-hybridized carbons (Fsp3) is 0.857. The van der Waals surface area contributed by atoms with Crippen LogP contribution in [-0.4, -0.2) is 33.0 Å². The smallest absolute Gasteiger partial charge is 0.421 e. The first kappa shape index (κ1) is 14.5. The molecule has 0 aromatic rings. The van der Waals surface area contributed by atoms with E-state index in [-0.39, 0.29) is 5.88 Å². The molecule has 0 aliphatic carbocycles. The number of methoxy groups -OCH3 is 1. The number of amides is 1. The SMILES string of the molecule is CCC(C)(CCl)NS(=O)(=O)NC(=O)OC. The minimum atomic E-state index is -3.93. The fourth-order valence-electron chi connectivity index (χ4n) is 0.695. The van der Waals surface area contributed by atoms with Crippen LogP contribution in [0.4, 0.5) is 4.79 Å². The van der Waals surface area contributed by atoms with E-state index in [1.54, 1.807) is 18.6 Å². The van der Waals surface area contributed by atoms with Crippen LogP contribution >= 0.6 is 11.6 Å². The fourth-order valence-corrected chi connectivity index (χ4v) is 2.25. The molecule has 1 unspecified atom stereocenters. The third kappa shape index (κ3) is 5.19. The van der Waals surface area contributed by atoms with Crippen molar-refractivity contribution >= 4 is 27.9 Å². The standard InChI is InChI=1S/C7H15ClN2O4S/c1-4-7(2,5-8)10-15(12,13)9-6(11)14-3/h10H,4-5H2,1-3H3,(H,9,11). The molecule has 0 aromatic carbocycles. The van der Waals surface area contributed by atoms with E-state index < -0.39 is 21.8 Å². The lowest BCUT2D eigenvalue weighted by atomic mass is 10.0. The molecular formula is C7H15ClN2O4S. The van der Waals surface area contributed by atoms with Crippen LogP contribution in [0.25, 0.3) is 0 Å². The quantitative estimate of drug-likeness (QED) is 0.707. The number of carbonyl (C=O) groups is 1. The number of carbonyl (C=O) groups excluding carboxylic acids is 1. The summed E-state index contributed by atoms with van der Waals surface area (Å²) in [5.41, 5.74) is -0.790. The van der Waals surface area contributed by atoms with E-state index in [4.69, 9.17) is 11.6 Å². The average molecular weight is 259 g/mol. The lowest BCUT2D eigenvalue weighted by Crippen LogP contribution is -2.52. The molecule has 0 fully saturated rings. The zero-order valence-corrected chi connectivity index (χ0v) is 10.4. The minimum absolute atomic E-state index is 0.103. The van der Waals surface area contributed by atoms with Crippen molar-refractivity contribution in [1.82, 2.24) is 9.44 Å². The van der Waals surface area contributed by atoms with Gasteiger partial charge in [0.05, 0.1) is 7.11 Å². The van der Waals surface area contributed by atoms with E-state index >= 15 is 0 Å². The second-order valence-electron chi connectivity index (χ2n) is 3.25. The van der Waals surface area contributed by atoms with Gasteiger partial charge in [0.25, 0.3) is 0 Å². The number of hydrogen-bond donors (Lipinski definition) is 2. The number of nitrogens with one attached hydrogen (secondary N) is 2. The van der Waals surface area contributed by atoms with E-state index in [1.165, 1.54) is 0 Å². The van der Waals surface area contributed by atoms with Crippen molar-refractivity contribution in [3.63, 3.8) is 0 Å². The van der Waals surface area contributed by atoms with Crippen LogP contribution in [0, 0.1) is 0 Å². The maximum Gasteiger partial charge on any atom is 0.421 e. The molecule has 0 rings (SSSR count). The Hall–Kier alpha value is -0.530. The van der Waals surface area contributed by atoms with Gasteiger partial charge in [0.2, 0.25) is 0 Å². The maximum absolute atomic E-state index is 11.4. The molecule has 0 aliphatic heterocycles. The maximum atomic E-state index is 11.4. The topological polar surface area (TPSA) is 84.5 Å². The molecule has 0 saturated carbocycles. The van der Waals surface area contributed by atoms with Crippen LogP contribution in [-0.2, 0) is 14.9 Å². The van der Waals surface area contributed by atoms with Crippen molar-refractivity contribution in [3.8, 4) is 0 Å². The first-order chi connectivity index (χ1) is 6.78. The Bertz CT molecular complexity index is 313. The Morgan fingerprint density at radius 2 is 2.07 bits per heavy atom. The van der Waals surface area contributed by atoms with Crippen molar-refractivity contribution in [2.24, 2.45) is 0 Å². The Morgan fingerprint density at radius 1 is 1.53 bits per heavy atom. The van der Waals surface area contributed by atoms with Crippen LogP contribution in [0.3, 0.4) is 0 Å². The van der Waals surface area contributed by atoms with Crippen molar-refractivity contribution in [1.29, 1.82) is 0 Å². The first-order valence-corrected chi connectivity index (χ1v) is 6.26.